The summed E-state index contributed by atoms with van der Waals surface area (Å²) in [6.07, 6.45) is 1.88. The SMILES string of the molecule is CCC1Cc2c(nn(C)c2-c2cc(F)cc(F)c2)C(CC)N1C(=O)c1cc2cc(OC)ccc2o1. The molecular weight excluding hydrogens is 452 g/mol. The van der Waals surface area contributed by atoms with Crippen LogP contribution < -0.4 is 4.74 Å². The Labute approximate surface area is 202 Å². The van der Waals surface area contributed by atoms with Crippen molar-refractivity contribution >= 4 is 16.9 Å². The van der Waals surface area contributed by atoms with Crippen molar-refractivity contribution in [1.29, 1.82) is 0 Å². The molecule has 0 aliphatic carbocycles. The number of aromatic nitrogens is 2. The summed E-state index contributed by atoms with van der Waals surface area (Å²) in [6, 6.07) is 10.3. The highest BCUT2D eigenvalue weighted by molar-refractivity contribution is 5.97. The molecule has 0 radical (unpaired) electrons. The molecule has 35 heavy (non-hydrogen) atoms. The summed E-state index contributed by atoms with van der Waals surface area (Å²) in [6.45, 7) is 4.04. The van der Waals surface area contributed by atoms with E-state index in [1.54, 1.807) is 37.0 Å². The van der Waals surface area contributed by atoms with Crippen LogP contribution in [-0.2, 0) is 13.5 Å². The van der Waals surface area contributed by atoms with Crippen molar-refractivity contribution in [3.8, 4) is 17.0 Å². The first kappa shape index (κ1) is 23.1. The van der Waals surface area contributed by atoms with Crippen LogP contribution in [0.3, 0.4) is 0 Å². The highest BCUT2D eigenvalue weighted by Crippen LogP contribution is 2.41. The van der Waals surface area contributed by atoms with Crippen molar-refractivity contribution in [2.45, 2.75) is 45.2 Å². The molecule has 6 nitrogen and oxygen atoms in total. The Balaban J connectivity index is 1.58. The third-order valence-corrected chi connectivity index (χ3v) is 6.82. The zero-order chi connectivity index (χ0) is 24.9. The summed E-state index contributed by atoms with van der Waals surface area (Å²) in [7, 11) is 3.36. The molecule has 2 atom stereocenters. The van der Waals surface area contributed by atoms with Crippen LogP contribution in [0.5, 0.6) is 5.75 Å². The molecule has 0 saturated carbocycles. The average Bonchev–Trinajstić information content (AvgIpc) is 3.41. The minimum Gasteiger partial charge on any atom is -0.497 e. The van der Waals surface area contributed by atoms with Crippen LogP contribution in [0.25, 0.3) is 22.2 Å². The highest BCUT2D eigenvalue weighted by Gasteiger charge is 2.41. The number of ether oxygens (including phenoxy) is 1. The Morgan fingerprint density at radius 2 is 1.86 bits per heavy atom. The third kappa shape index (κ3) is 3.87. The molecule has 2 aromatic heterocycles. The Morgan fingerprint density at radius 3 is 2.51 bits per heavy atom. The number of methoxy groups -OCH3 is 1. The molecule has 8 heteroatoms. The van der Waals surface area contributed by atoms with Crippen LogP contribution in [0.4, 0.5) is 8.78 Å². The molecule has 0 fully saturated rings. The van der Waals surface area contributed by atoms with Gasteiger partial charge in [0, 0.05) is 35.7 Å². The summed E-state index contributed by atoms with van der Waals surface area (Å²) in [5.74, 6) is -0.524. The normalized spacial score (nSPS) is 17.6. The van der Waals surface area contributed by atoms with Gasteiger partial charge in [0.15, 0.2) is 5.76 Å². The van der Waals surface area contributed by atoms with Gasteiger partial charge in [-0.25, -0.2) is 8.78 Å². The topological polar surface area (TPSA) is 60.5 Å². The van der Waals surface area contributed by atoms with Gasteiger partial charge >= 0.3 is 0 Å². The number of aryl methyl sites for hydroxylation is 1. The second kappa shape index (κ2) is 8.83. The van der Waals surface area contributed by atoms with Crippen molar-refractivity contribution in [1.82, 2.24) is 14.7 Å². The molecule has 0 bridgehead atoms. The van der Waals surface area contributed by atoms with Gasteiger partial charge < -0.3 is 14.1 Å². The molecule has 0 spiro atoms. The fourth-order valence-electron chi connectivity index (χ4n) is 5.25. The Morgan fingerprint density at radius 1 is 1.11 bits per heavy atom. The monoisotopic (exact) mass is 479 g/mol. The number of furan rings is 1. The first-order chi connectivity index (χ1) is 16.8. The van der Waals surface area contributed by atoms with E-state index in [4.69, 9.17) is 14.3 Å². The van der Waals surface area contributed by atoms with E-state index in [1.807, 2.05) is 24.8 Å². The smallest absolute Gasteiger partial charge is 0.290 e. The number of amides is 1. The first-order valence-electron chi connectivity index (χ1n) is 11.8. The zero-order valence-corrected chi connectivity index (χ0v) is 20.1. The Kier molecular flexibility index (Phi) is 5.83. The number of carbonyl (C=O) groups excluding carboxylic acids is 1. The van der Waals surface area contributed by atoms with Gasteiger partial charge in [0.1, 0.15) is 23.0 Å². The van der Waals surface area contributed by atoms with Gasteiger partial charge in [-0.15, -0.1) is 0 Å². The summed E-state index contributed by atoms with van der Waals surface area (Å²) in [5.41, 5.74) is 3.41. The van der Waals surface area contributed by atoms with Crippen molar-refractivity contribution < 1.29 is 22.7 Å². The maximum absolute atomic E-state index is 14.0. The minimum atomic E-state index is -0.636. The molecule has 1 aliphatic heterocycles. The lowest BCUT2D eigenvalue weighted by atomic mass is 9.87. The lowest BCUT2D eigenvalue weighted by molar-refractivity contribution is 0.0482. The van der Waals surface area contributed by atoms with E-state index in [2.05, 4.69) is 0 Å². The van der Waals surface area contributed by atoms with Crippen molar-refractivity contribution in [3.63, 3.8) is 0 Å². The number of nitrogens with zero attached hydrogens (tertiary/aromatic N) is 3. The number of fused-ring (bicyclic) bond motifs is 2. The number of halogens is 2. The third-order valence-electron chi connectivity index (χ3n) is 6.82. The predicted octanol–water partition coefficient (Wildman–Crippen LogP) is 6.05. The summed E-state index contributed by atoms with van der Waals surface area (Å²) in [4.78, 5) is 15.7. The van der Waals surface area contributed by atoms with Crippen LogP contribution in [0, 0.1) is 11.6 Å². The summed E-state index contributed by atoms with van der Waals surface area (Å²) >= 11 is 0. The van der Waals surface area contributed by atoms with Crippen molar-refractivity contribution in [2.75, 3.05) is 7.11 Å². The van der Waals surface area contributed by atoms with Gasteiger partial charge in [0.05, 0.1) is 24.5 Å². The van der Waals surface area contributed by atoms with Crippen molar-refractivity contribution in [3.05, 3.63) is 71.1 Å². The van der Waals surface area contributed by atoms with Gasteiger partial charge in [-0.3, -0.25) is 9.48 Å². The fraction of sp³-hybridized carbons (Fsp3) is 0.333. The number of carbonyl (C=O) groups is 1. The van der Waals surface area contributed by atoms with Crippen LogP contribution in [0.2, 0.25) is 0 Å². The maximum atomic E-state index is 14.0. The molecular formula is C27H27F2N3O3. The summed E-state index contributed by atoms with van der Waals surface area (Å²) in [5, 5.41) is 5.52. The number of hydrogen-bond acceptors (Lipinski definition) is 4. The van der Waals surface area contributed by atoms with Crippen LogP contribution in [-0.4, -0.2) is 33.7 Å². The predicted molar refractivity (Wildman–Crippen MR) is 128 cm³/mol. The van der Waals surface area contributed by atoms with E-state index >= 15 is 0 Å². The quantitative estimate of drug-likeness (QED) is 0.350. The van der Waals surface area contributed by atoms with Gasteiger partial charge in [-0.2, -0.15) is 5.10 Å². The lowest BCUT2D eigenvalue weighted by Gasteiger charge is -2.40. The van der Waals surface area contributed by atoms with E-state index in [-0.39, 0.29) is 23.8 Å². The lowest BCUT2D eigenvalue weighted by Crippen LogP contribution is -2.47. The maximum Gasteiger partial charge on any atom is 0.290 e. The molecule has 1 amide bonds. The van der Waals surface area contributed by atoms with Gasteiger partial charge in [0.25, 0.3) is 5.91 Å². The Bertz CT molecular complexity index is 1400. The zero-order valence-electron chi connectivity index (χ0n) is 20.1. The molecule has 0 saturated heterocycles. The van der Waals surface area contributed by atoms with Crippen LogP contribution in [0.1, 0.15) is 54.5 Å². The standard InChI is InChI=1S/C27H27F2N3O3/c1-5-19-14-21-25(30-31(3)26(21)16-9-17(28)13-18(29)10-16)22(6-2)32(19)27(33)24-12-15-11-20(34-4)7-8-23(15)35-24/h7-13,19,22H,5-6,14H2,1-4H3. The van der Waals surface area contributed by atoms with E-state index in [9.17, 15) is 13.6 Å². The molecule has 2 unspecified atom stereocenters. The van der Waals surface area contributed by atoms with E-state index < -0.39 is 11.6 Å². The Hall–Kier alpha value is -3.68. The number of rotatable bonds is 5. The minimum absolute atomic E-state index is 0.121. The van der Waals surface area contributed by atoms with Gasteiger partial charge in [-0.05, 0) is 55.7 Å². The van der Waals surface area contributed by atoms with E-state index in [0.29, 0.717) is 41.9 Å². The molecule has 3 heterocycles. The first-order valence-corrected chi connectivity index (χ1v) is 11.8. The van der Waals surface area contributed by atoms with Gasteiger partial charge in [-0.1, -0.05) is 13.8 Å². The van der Waals surface area contributed by atoms with Crippen LogP contribution in [0.15, 0.2) is 46.9 Å². The number of benzene rings is 2. The van der Waals surface area contributed by atoms with E-state index in [1.165, 1.54) is 12.1 Å². The molecule has 2 aromatic carbocycles. The number of hydrogen-bond donors (Lipinski definition) is 0. The van der Waals surface area contributed by atoms with Gasteiger partial charge in [0.2, 0.25) is 0 Å². The largest absolute Gasteiger partial charge is 0.497 e. The second-order valence-corrected chi connectivity index (χ2v) is 8.91. The summed E-state index contributed by atoms with van der Waals surface area (Å²) < 4.78 is 40.9. The highest BCUT2D eigenvalue weighted by atomic mass is 19.1. The molecule has 5 rings (SSSR count). The van der Waals surface area contributed by atoms with Crippen molar-refractivity contribution in [2.24, 2.45) is 7.05 Å². The molecule has 182 valence electrons. The molecule has 0 N–H and O–H groups in total. The molecule has 4 aromatic rings. The second-order valence-electron chi connectivity index (χ2n) is 8.91. The fourth-order valence-corrected chi connectivity index (χ4v) is 5.25. The molecule has 1 aliphatic rings. The van der Waals surface area contributed by atoms with Crippen LogP contribution >= 0.6 is 0 Å². The van der Waals surface area contributed by atoms with E-state index in [0.717, 1.165) is 22.7 Å². The average molecular weight is 480 g/mol.